The molecule has 1 saturated heterocycles. The van der Waals surface area contributed by atoms with Crippen LogP contribution in [0.4, 0.5) is 18.9 Å². The van der Waals surface area contributed by atoms with Crippen molar-refractivity contribution in [2.45, 2.75) is 63.4 Å². The number of nitrogens with zero attached hydrogens (tertiary/aromatic N) is 1. The average Bonchev–Trinajstić information content (AvgIpc) is 2.76. The van der Waals surface area contributed by atoms with Gasteiger partial charge in [-0.15, -0.1) is 0 Å². The van der Waals surface area contributed by atoms with Crippen molar-refractivity contribution in [1.29, 1.82) is 0 Å². The number of likely N-dealkylation sites (tertiary alicyclic amines) is 1. The number of nitrogens with one attached hydrogen (secondary N) is 2. The standard InChI is InChI=1S/C23H34F3N5O2/c1-2-21(32)14-3-6-17(7-4-14)31-12-16(13-31)30-22(33)11-29-20(10-27)18-9-15(23(24,25)26)5-8-19(18)28/h5,8-10,14,16-17,21,29,32H,2-4,6-7,11-13,27-28H2,1H3,(H,30,33)/b20-10+. The maximum atomic E-state index is 13.0. The Morgan fingerprint density at radius 2 is 1.94 bits per heavy atom. The van der Waals surface area contributed by atoms with Crippen molar-refractivity contribution in [1.82, 2.24) is 15.5 Å². The van der Waals surface area contributed by atoms with Crippen LogP contribution >= 0.6 is 0 Å². The third kappa shape index (κ3) is 6.32. The Hall–Kier alpha value is -2.46. The molecule has 0 aromatic heterocycles. The number of nitrogens with two attached hydrogens (primary N) is 2. The number of carbonyl (C=O) groups is 1. The van der Waals surface area contributed by atoms with E-state index in [9.17, 15) is 23.1 Å². The summed E-state index contributed by atoms with van der Waals surface area (Å²) in [5.41, 5.74) is 10.9. The number of amides is 1. The lowest BCUT2D eigenvalue weighted by Gasteiger charge is -2.47. The third-order valence-corrected chi connectivity index (χ3v) is 6.77. The van der Waals surface area contributed by atoms with Gasteiger partial charge in [-0.2, -0.15) is 13.2 Å². The van der Waals surface area contributed by atoms with E-state index in [2.05, 4.69) is 15.5 Å². The zero-order valence-corrected chi connectivity index (χ0v) is 18.9. The summed E-state index contributed by atoms with van der Waals surface area (Å²) in [6.07, 6.45) is 1.37. The van der Waals surface area contributed by atoms with Crippen LogP contribution in [0.5, 0.6) is 0 Å². The van der Waals surface area contributed by atoms with Crippen molar-refractivity contribution >= 4 is 17.3 Å². The topological polar surface area (TPSA) is 117 Å². The van der Waals surface area contributed by atoms with Crippen LogP contribution in [0.2, 0.25) is 0 Å². The predicted octanol–water partition coefficient (Wildman–Crippen LogP) is 2.26. The van der Waals surface area contributed by atoms with E-state index >= 15 is 0 Å². The number of halogens is 3. The van der Waals surface area contributed by atoms with Crippen molar-refractivity contribution in [3.05, 3.63) is 35.5 Å². The molecule has 0 spiro atoms. The second-order valence-corrected chi connectivity index (χ2v) is 9.00. The van der Waals surface area contributed by atoms with E-state index in [-0.39, 0.29) is 41.5 Å². The summed E-state index contributed by atoms with van der Waals surface area (Å²) in [4.78, 5) is 14.7. The van der Waals surface area contributed by atoms with Crippen LogP contribution in [0.1, 0.15) is 50.2 Å². The minimum absolute atomic E-state index is 0.0437. The second-order valence-electron chi connectivity index (χ2n) is 9.00. The first-order chi connectivity index (χ1) is 15.6. The van der Waals surface area contributed by atoms with Gasteiger partial charge in [0.25, 0.3) is 0 Å². The monoisotopic (exact) mass is 469 g/mol. The molecule has 1 aromatic carbocycles. The van der Waals surface area contributed by atoms with E-state index in [1.165, 1.54) is 6.07 Å². The minimum Gasteiger partial charge on any atom is -0.403 e. The zero-order valence-electron chi connectivity index (χ0n) is 18.9. The number of anilines is 1. The molecule has 1 saturated carbocycles. The van der Waals surface area contributed by atoms with E-state index in [0.29, 0.717) is 12.0 Å². The summed E-state index contributed by atoms with van der Waals surface area (Å²) in [6, 6.07) is 3.52. The lowest BCUT2D eigenvalue weighted by atomic mass is 9.80. The molecule has 184 valence electrons. The molecule has 1 aliphatic heterocycles. The number of aliphatic hydroxyl groups excluding tert-OH is 1. The molecule has 2 aliphatic rings. The third-order valence-electron chi connectivity index (χ3n) is 6.77. The van der Waals surface area contributed by atoms with Gasteiger partial charge in [0.05, 0.1) is 30.0 Å². The molecular formula is C23H34F3N5O2. The van der Waals surface area contributed by atoms with Crippen molar-refractivity contribution in [3.8, 4) is 0 Å². The zero-order chi connectivity index (χ0) is 24.2. The number of nitrogen functional groups attached to an aromatic ring is 1. The Labute approximate surface area is 192 Å². The SMILES string of the molecule is CCC(O)C1CCC(N2CC(NC(=O)CN/C(=C/N)c3cc(C(F)(F)F)ccc3N)C2)CC1. The van der Waals surface area contributed by atoms with Crippen molar-refractivity contribution in [2.75, 3.05) is 25.4 Å². The highest BCUT2D eigenvalue weighted by molar-refractivity contribution is 5.82. The van der Waals surface area contributed by atoms with Gasteiger partial charge >= 0.3 is 6.18 Å². The highest BCUT2D eigenvalue weighted by Gasteiger charge is 2.36. The summed E-state index contributed by atoms with van der Waals surface area (Å²) in [5.74, 6) is 0.129. The molecule has 1 aromatic rings. The van der Waals surface area contributed by atoms with Crippen LogP contribution in [0.3, 0.4) is 0 Å². The second kappa shape index (κ2) is 10.6. The number of rotatable bonds is 8. The van der Waals surface area contributed by atoms with E-state index in [0.717, 1.165) is 63.5 Å². The smallest absolute Gasteiger partial charge is 0.403 e. The largest absolute Gasteiger partial charge is 0.416 e. The molecule has 3 rings (SSSR count). The first-order valence-electron chi connectivity index (χ1n) is 11.5. The predicted molar refractivity (Wildman–Crippen MR) is 122 cm³/mol. The van der Waals surface area contributed by atoms with Crippen molar-refractivity contribution in [3.63, 3.8) is 0 Å². The number of aliphatic hydroxyl groups is 1. The van der Waals surface area contributed by atoms with Gasteiger partial charge < -0.3 is 27.2 Å². The molecule has 7 N–H and O–H groups in total. The van der Waals surface area contributed by atoms with Gasteiger partial charge in [0, 0.05) is 36.6 Å². The molecule has 33 heavy (non-hydrogen) atoms. The maximum absolute atomic E-state index is 13.0. The maximum Gasteiger partial charge on any atom is 0.416 e. The van der Waals surface area contributed by atoms with Gasteiger partial charge in [-0.25, -0.2) is 0 Å². The van der Waals surface area contributed by atoms with Crippen LogP contribution in [0, 0.1) is 5.92 Å². The molecule has 1 unspecified atom stereocenters. The Balaban J connectivity index is 1.43. The van der Waals surface area contributed by atoms with E-state index in [1.807, 2.05) is 6.92 Å². The van der Waals surface area contributed by atoms with Crippen LogP contribution in [-0.4, -0.2) is 53.7 Å². The lowest BCUT2D eigenvalue weighted by molar-refractivity contribution is -0.137. The van der Waals surface area contributed by atoms with Crippen LogP contribution < -0.4 is 22.1 Å². The van der Waals surface area contributed by atoms with Gasteiger partial charge in [0.15, 0.2) is 0 Å². The molecule has 1 aliphatic carbocycles. The molecule has 1 amide bonds. The Kier molecular flexibility index (Phi) is 8.12. The van der Waals surface area contributed by atoms with Gasteiger partial charge in [-0.3, -0.25) is 9.69 Å². The average molecular weight is 470 g/mol. The first-order valence-corrected chi connectivity index (χ1v) is 11.5. The van der Waals surface area contributed by atoms with Crippen LogP contribution in [0.15, 0.2) is 24.4 Å². The summed E-state index contributed by atoms with van der Waals surface area (Å²) >= 11 is 0. The highest BCUT2D eigenvalue weighted by atomic mass is 19.4. The quantitative estimate of drug-likeness (QED) is 0.373. The van der Waals surface area contributed by atoms with Gasteiger partial charge in [-0.1, -0.05) is 6.92 Å². The lowest BCUT2D eigenvalue weighted by Crippen LogP contribution is -2.63. The normalized spacial score (nSPS) is 23.6. The summed E-state index contributed by atoms with van der Waals surface area (Å²) in [5, 5.41) is 15.8. The van der Waals surface area contributed by atoms with Crippen molar-refractivity contribution < 1.29 is 23.1 Å². The van der Waals surface area contributed by atoms with Crippen molar-refractivity contribution in [2.24, 2.45) is 11.7 Å². The summed E-state index contributed by atoms with van der Waals surface area (Å²) in [6.45, 7) is 3.43. The Morgan fingerprint density at radius 1 is 1.27 bits per heavy atom. The molecule has 1 atom stereocenters. The molecule has 7 nitrogen and oxygen atoms in total. The minimum atomic E-state index is -4.51. The number of carbonyl (C=O) groups excluding carboxylic acids is 1. The number of benzene rings is 1. The van der Waals surface area contributed by atoms with E-state index in [4.69, 9.17) is 11.5 Å². The fourth-order valence-electron chi connectivity index (χ4n) is 4.75. The molecule has 0 bridgehead atoms. The highest BCUT2D eigenvalue weighted by Crippen LogP contribution is 2.33. The van der Waals surface area contributed by atoms with Gasteiger partial charge in [0.1, 0.15) is 0 Å². The van der Waals surface area contributed by atoms with E-state index < -0.39 is 11.7 Å². The molecular weight excluding hydrogens is 435 g/mol. The molecule has 1 heterocycles. The fourth-order valence-corrected chi connectivity index (χ4v) is 4.75. The fraction of sp³-hybridized carbons (Fsp3) is 0.609. The molecule has 0 radical (unpaired) electrons. The van der Waals surface area contributed by atoms with Crippen LogP contribution in [-0.2, 0) is 11.0 Å². The summed E-state index contributed by atoms with van der Waals surface area (Å²) < 4.78 is 39.0. The van der Waals surface area contributed by atoms with Gasteiger partial charge in [-0.05, 0) is 56.2 Å². The number of alkyl halides is 3. The first kappa shape index (κ1) is 25.2. The molecule has 10 heteroatoms. The Bertz CT molecular complexity index is 847. The summed E-state index contributed by atoms with van der Waals surface area (Å²) in [7, 11) is 0. The van der Waals surface area contributed by atoms with Gasteiger partial charge in [0.2, 0.25) is 5.91 Å². The molecule has 2 fully saturated rings. The number of hydrogen-bond acceptors (Lipinski definition) is 6. The Morgan fingerprint density at radius 3 is 2.52 bits per heavy atom. The van der Waals surface area contributed by atoms with E-state index in [1.54, 1.807) is 0 Å². The number of hydrogen-bond donors (Lipinski definition) is 5. The van der Waals surface area contributed by atoms with Crippen LogP contribution in [0.25, 0.3) is 5.70 Å².